The molecule has 2 aliphatic rings. The average molecular weight is 289 g/mol. The third kappa shape index (κ3) is 3.27. The maximum atomic E-state index is 11.6. The lowest BCUT2D eigenvalue weighted by atomic mass is 9.72. The summed E-state index contributed by atoms with van der Waals surface area (Å²) in [6.45, 7) is 3.50. The first kappa shape index (κ1) is 14.5. The molecule has 1 aromatic carbocycles. The Bertz CT molecular complexity index is 474. The Labute approximate surface area is 125 Å². The van der Waals surface area contributed by atoms with Gasteiger partial charge in [-0.2, -0.15) is 0 Å². The zero-order valence-electron chi connectivity index (χ0n) is 12.3. The van der Waals surface area contributed by atoms with E-state index in [9.17, 15) is 9.90 Å². The van der Waals surface area contributed by atoms with Crippen LogP contribution in [0.3, 0.4) is 0 Å². The molecule has 21 heavy (non-hydrogen) atoms. The number of carboxylic acid groups (broad SMARTS) is 1. The molecule has 2 aliphatic heterocycles. The molecule has 0 radical (unpaired) electrons. The van der Waals surface area contributed by atoms with Crippen LogP contribution in [-0.2, 0) is 16.0 Å². The molecule has 1 spiro atoms. The number of ether oxygens (including phenoxy) is 1. The molecule has 114 valence electrons. The zero-order chi connectivity index (χ0) is 14.7. The summed E-state index contributed by atoms with van der Waals surface area (Å²) in [4.78, 5) is 13.7. The molecule has 4 nitrogen and oxygen atoms in total. The minimum atomic E-state index is -0.687. The second-order valence-corrected chi connectivity index (χ2v) is 6.40. The minimum absolute atomic E-state index is 0.332. The highest BCUT2D eigenvalue weighted by molar-refractivity contribution is 5.73. The van der Waals surface area contributed by atoms with E-state index < -0.39 is 5.97 Å². The van der Waals surface area contributed by atoms with Gasteiger partial charge in [0.15, 0.2) is 0 Å². The summed E-state index contributed by atoms with van der Waals surface area (Å²) in [7, 11) is 0. The maximum Gasteiger partial charge on any atom is 0.320 e. The normalized spacial score (nSPS) is 22.7. The Balaban J connectivity index is 1.55. The third-order valence-electron chi connectivity index (χ3n) is 4.91. The van der Waals surface area contributed by atoms with Gasteiger partial charge in [-0.25, -0.2) is 0 Å². The molecule has 1 N–H and O–H groups in total. The fourth-order valence-corrected chi connectivity index (χ4v) is 3.57. The second-order valence-electron chi connectivity index (χ2n) is 6.40. The first-order chi connectivity index (χ1) is 10.2. The van der Waals surface area contributed by atoms with E-state index in [0.717, 1.165) is 45.6 Å². The molecule has 1 aromatic rings. The van der Waals surface area contributed by atoms with E-state index >= 15 is 0 Å². The molecule has 1 atom stereocenters. The van der Waals surface area contributed by atoms with Crippen molar-refractivity contribution in [2.45, 2.75) is 31.7 Å². The van der Waals surface area contributed by atoms with E-state index in [2.05, 4.69) is 17.0 Å². The summed E-state index contributed by atoms with van der Waals surface area (Å²) in [6, 6.07) is 9.78. The minimum Gasteiger partial charge on any atom is -0.480 e. The van der Waals surface area contributed by atoms with Gasteiger partial charge in [0.05, 0.1) is 0 Å². The van der Waals surface area contributed by atoms with E-state index in [1.54, 1.807) is 0 Å². The molecular formula is C17H23NO3. The van der Waals surface area contributed by atoms with Crippen LogP contribution >= 0.6 is 0 Å². The Morgan fingerprint density at radius 1 is 1.24 bits per heavy atom. The second kappa shape index (κ2) is 6.16. The van der Waals surface area contributed by atoms with Gasteiger partial charge < -0.3 is 9.84 Å². The van der Waals surface area contributed by atoms with Crippen molar-refractivity contribution in [3.8, 4) is 0 Å². The summed E-state index contributed by atoms with van der Waals surface area (Å²) < 4.78 is 5.41. The number of hydrogen-bond acceptors (Lipinski definition) is 3. The Morgan fingerprint density at radius 2 is 1.90 bits per heavy atom. The van der Waals surface area contributed by atoms with Crippen LogP contribution in [0.15, 0.2) is 30.3 Å². The van der Waals surface area contributed by atoms with Gasteiger partial charge in [0.25, 0.3) is 0 Å². The summed E-state index contributed by atoms with van der Waals surface area (Å²) in [5.74, 6) is -0.687. The van der Waals surface area contributed by atoms with Crippen LogP contribution in [0.25, 0.3) is 0 Å². The number of carbonyl (C=O) groups is 1. The molecule has 2 heterocycles. The molecule has 0 amide bonds. The van der Waals surface area contributed by atoms with E-state index in [4.69, 9.17) is 4.74 Å². The number of hydrogen-bond donors (Lipinski definition) is 1. The van der Waals surface area contributed by atoms with Crippen LogP contribution in [0.1, 0.15) is 24.8 Å². The highest BCUT2D eigenvalue weighted by Gasteiger charge is 2.47. The lowest BCUT2D eigenvalue weighted by molar-refractivity contribution is -0.154. The highest BCUT2D eigenvalue weighted by Crippen LogP contribution is 2.41. The molecule has 0 saturated carbocycles. The zero-order valence-corrected chi connectivity index (χ0v) is 12.3. The van der Waals surface area contributed by atoms with Gasteiger partial charge in [-0.05, 0) is 31.2 Å². The summed E-state index contributed by atoms with van der Waals surface area (Å²) >= 11 is 0. The maximum absolute atomic E-state index is 11.6. The van der Waals surface area contributed by atoms with Crippen LogP contribution in [0.4, 0.5) is 0 Å². The van der Waals surface area contributed by atoms with Gasteiger partial charge in [0.1, 0.15) is 6.04 Å². The fourth-order valence-electron chi connectivity index (χ4n) is 3.57. The van der Waals surface area contributed by atoms with Crippen molar-refractivity contribution in [3.63, 3.8) is 0 Å². The quantitative estimate of drug-likeness (QED) is 0.902. The summed E-state index contributed by atoms with van der Waals surface area (Å²) in [6.07, 6.45) is 3.67. The Kier molecular flexibility index (Phi) is 4.27. The molecule has 0 aliphatic carbocycles. The van der Waals surface area contributed by atoms with Crippen LogP contribution < -0.4 is 0 Å². The van der Waals surface area contributed by atoms with Gasteiger partial charge in [-0.15, -0.1) is 0 Å². The van der Waals surface area contributed by atoms with Crippen molar-refractivity contribution >= 4 is 5.97 Å². The summed E-state index contributed by atoms with van der Waals surface area (Å²) in [5.41, 5.74) is 1.55. The fraction of sp³-hybridized carbons (Fsp3) is 0.588. The van der Waals surface area contributed by atoms with Crippen LogP contribution in [0, 0.1) is 5.41 Å². The lowest BCUT2D eigenvalue weighted by Gasteiger charge is -2.54. The van der Waals surface area contributed by atoms with Crippen molar-refractivity contribution in [2.24, 2.45) is 5.41 Å². The monoisotopic (exact) mass is 289 g/mol. The molecule has 3 rings (SSSR count). The first-order valence-corrected chi connectivity index (χ1v) is 7.77. The van der Waals surface area contributed by atoms with Gasteiger partial charge >= 0.3 is 5.97 Å². The van der Waals surface area contributed by atoms with Crippen LogP contribution in [0.2, 0.25) is 0 Å². The lowest BCUT2D eigenvalue weighted by Crippen LogP contribution is -2.63. The molecular weight excluding hydrogens is 266 g/mol. The predicted octanol–water partition coefficient (Wildman–Crippen LogP) is 2.18. The Morgan fingerprint density at radius 3 is 2.52 bits per heavy atom. The number of rotatable bonds is 5. The van der Waals surface area contributed by atoms with Crippen LogP contribution in [0.5, 0.6) is 0 Å². The van der Waals surface area contributed by atoms with E-state index in [0.29, 0.717) is 11.8 Å². The molecule has 0 aromatic heterocycles. The van der Waals surface area contributed by atoms with E-state index in [1.165, 1.54) is 5.56 Å². The topological polar surface area (TPSA) is 49.8 Å². The van der Waals surface area contributed by atoms with Gasteiger partial charge in [0, 0.05) is 31.7 Å². The number of likely N-dealkylation sites (tertiary alicyclic amines) is 1. The number of nitrogens with zero attached hydrogens (tertiary/aromatic N) is 1. The SMILES string of the molecule is O=C(O)C(CCc1ccccc1)N1CC2(CCOCC2)C1. The smallest absolute Gasteiger partial charge is 0.320 e. The van der Waals surface area contributed by atoms with E-state index in [-0.39, 0.29) is 6.04 Å². The number of aryl methyl sites for hydroxylation is 1. The number of aliphatic carboxylic acids is 1. The number of carboxylic acids is 1. The standard InChI is InChI=1S/C17H23NO3/c19-16(20)15(7-6-14-4-2-1-3-5-14)18-12-17(13-18)8-10-21-11-9-17/h1-5,15H,6-13H2,(H,19,20). The molecule has 2 saturated heterocycles. The van der Waals surface area contributed by atoms with Crippen molar-refractivity contribution in [1.29, 1.82) is 0 Å². The molecule has 1 unspecified atom stereocenters. The molecule has 4 heteroatoms. The van der Waals surface area contributed by atoms with Crippen molar-refractivity contribution < 1.29 is 14.6 Å². The van der Waals surface area contributed by atoms with Gasteiger partial charge in [0.2, 0.25) is 0 Å². The van der Waals surface area contributed by atoms with Crippen molar-refractivity contribution in [1.82, 2.24) is 4.90 Å². The molecule has 2 fully saturated rings. The van der Waals surface area contributed by atoms with Crippen molar-refractivity contribution in [3.05, 3.63) is 35.9 Å². The highest BCUT2D eigenvalue weighted by atomic mass is 16.5. The molecule has 0 bridgehead atoms. The number of benzene rings is 1. The third-order valence-corrected chi connectivity index (χ3v) is 4.91. The van der Waals surface area contributed by atoms with Gasteiger partial charge in [-0.1, -0.05) is 30.3 Å². The summed E-state index contributed by atoms with van der Waals surface area (Å²) in [5, 5.41) is 9.51. The van der Waals surface area contributed by atoms with Crippen LogP contribution in [-0.4, -0.2) is 48.3 Å². The first-order valence-electron chi connectivity index (χ1n) is 7.77. The Hall–Kier alpha value is -1.39. The largest absolute Gasteiger partial charge is 0.480 e. The predicted molar refractivity (Wildman–Crippen MR) is 80.2 cm³/mol. The average Bonchev–Trinajstić information content (AvgIpc) is 2.47. The van der Waals surface area contributed by atoms with Gasteiger partial charge in [-0.3, -0.25) is 9.69 Å². The van der Waals surface area contributed by atoms with E-state index in [1.807, 2.05) is 18.2 Å². The van der Waals surface area contributed by atoms with Crippen molar-refractivity contribution in [2.75, 3.05) is 26.3 Å².